The summed E-state index contributed by atoms with van der Waals surface area (Å²) in [4.78, 5) is 25.5. The van der Waals surface area contributed by atoms with Crippen molar-refractivity contribution in [2.45, 2.75) is 13.0 Å². The molecule has 7 heteroatoms. The number of benzene rings is 1. The van der Waals surface area contributed by atoms with Crippen LogP contribution in [0.3, 0.4) is 0 Å². The van der Waals surface area contributed by atoms with Crippen LogP contribution in [-0.2, 0) is 14.3 Å². The van der Waals surface area contributed by atoms with E-state index in [0.717, 1.165) is 0 Å². The zero-order valence-corrected chi connectivity index (χ0v) is 13.2. The zero-order chi connectivity index (χ0) is 17.1. The number of aromatic hydroxyl groups is 1. The van der Waals surface area contributed by atoms with Gasteiger partial charge in [-0.15, -0.1) is 0 Å². The molecule has 0 spiro atoms. The molecular weight excluding hydrogens is 302 g/mol. The van der Waals surface area contributed by atoms with Crippen LogP contribution in [0.1, 0.15) is 18.5 Å². The molecule has 7 nitrogen and oxygen atoms in total. The van der Waals surface area contributed by atoms with Gasteiger partial charge >= 0.3 is 0 Å². The number of methoxy groups -OCH3 is 2. The van der Waals surface area contributed by atoms with Crippen molar-refractivity contribution in [1.29, 1.82) is 0 Å². The number of hydrogen-bond donors (Lipinski definition) is 2. The maximum Gasteiger partial charge on any atom is 0.290 e. The topological polar surface area (TPSA) is 96.3 Å². The number of hydrogen-bond acceptors (Lipinski definition) is 6. The Bertz CT molecular complexity index is 667. The van der Waals surface area contributed by atoms with E-state index < -0.39 is 23.5 Å². The summed E-state index contributed by atoms with van der Waals surface area (Å²) in [5.74, 6) is -1.40. The Morgan fingerprint density at radius 1 is 1.30 bits per heavy atom. The summed E-state index contributed by atoms with van der Waals surface area (Å²) in [5, 5.41) is 19.8. The second-order valence-electron chi connectivity index (χ2n) is 5.14. The molecule has 0 radical (unpaired) electrons. The number of amides is 1. The van der Waals surface area contributed by atoms with Crippen molar-refractivity contribution in [2.75, 3.05) is 27.4 Å². The van der Waals surface area contributed by atoms with Crippen molar-refractivity contribution in [2.24, 2.45) is 0 Å². The number of carbonyl (C=O) groups is 2. The average molecular weight is 321 g/mol. The van der Waals surface area contributed by atoms with E-state index in [4.69, 9.17) is 9.47 Å². The van der Waals surface area contributed by atoms with Gasteiger partial charge in [-0.1, -0.05) is 6.07 Å². The van der Waals surface area contributed by atoms with Gasteiger partial charge in [-0.2, -0.15) is 0 Å². The molecule has 1 aromatic rings. The molecule has 2 N–H and O–H groups in total. The molecule has 1 aromatic carbocycles. The lowest BCUT2D eigenvalue weighted by molar-refractivity contribution is -0.130. The molecule has 1 atom stereocenters. The highest BCUT2D eigenvalue weighted by atomic mass is 16.5. The number of aliphatic hydroxyl groups is 1. The lowest BCUT2D eigenvalue weighted by Crippen LogP contribution is -2.33. The van der Waals surface area contributed by atoms with Gasteiger partial charge in [0.15, 0.2) is 23.0 Å². The minimum absolute atomic E-state index is 0.0267. The number of carbonyl (C=O) groups excluding carboxylic acids is 2. The van der Waals surface area contributed by atoms with E-state index in [-0.39, 0.29) is 30.2 Å². The van der Waals surface area contributed by atoms with Crippen molar-refractivity contribution in [3.63, 3.8) is 0 Å². The maximum absolute atomic E-state index is 12.3. The lowest BCUT2D eigenvalue weighted by atomic mass is 9.96. The largest absolute Gasteiger partial charge is 0.504 e. The molecule has 1 heterocycles. The van der Waals surface area contributed by atoms with Crippen molar-refractivity contribution in [1.82, 2.24) is 4.90 Å². The van der Waals surface area contributed by atoms with E-state index in [1.807, 2.05) is 0 Å². The number of aliphatic hydroxyl groups excluding tert-OH is 1. The monoisotopic (exact) mass is 321 g/mol. The van der Waals surface area contributed by atoms with Gasteiger partial charge in [0.25, 0.3) is 5.91 Å². The Kier molecular flexibility index (Phi) is 4.90. The van der Waals surface area contributed by atoms with Gasteiger partial charge in [0.2, 0.25) is 0 Å². The molecule has 23 heavy (non-hydrogen) atoms. The Morgan fingerprint density at radius 2 is 2.00 bits per heavy atom. The fraction of sp³-hybridized carbons (Fsp3) is 0.375. The van der Waals surface area contributed by atoms with Crippen LogP contribution in [0.5, 0.6) is 11.5 Å². The molecule has 2 rings (SSSR count). The second kappa shape index (κ2) is 6.70. The van der Waals surface area contributed by atoms with Crippen molar-refractivity contribution >= 4 is 11.7 Å². The number of rotatable bonds is 6. The highest BCUT2D eigenvalue weighted by molar-refractivity contribution is 6.08. The van der Waals surface area contributed by atoms with Gasteiger partial charge < -0.3 is 24.6 Å². The standard InChI is InChI=1S/C16H19NO6/c1-9(18)13-14(10-4-5-11(19)12(8-10)23-3)17(6-7-22-2)16(21)15(13)20/h4-5,8,14,19-20H,6-7H2,1-3H3/t14-/m0/s1. The van der Waals surface area contributed by atoms with Crippen LogP contribution >= 0.6 is 0 Å². The number of Topliss-reactive ketones (excluding diaryl/α,β-unsaturated/α-hetero) is 1. The third kappa shape index (κ3) is 3.00. The molecular formula is C16H19NO6. The molecule has 0 bridgehead atoms. The van der Waals surface area contributed by atoms with E-state index in [1.165, 1.54) is 38.2 Å². The molecule has 124 valence electrons. The van der Waals surface area contributed by atoms with Crippen LogP contribution in [0.4, 0.5) is 0 Å². The normalized spacial score (nSPS) is 17.8. The quantitative estimate of drug-likeness (QED) is 0.820. The van der Waals surface area contributed by atoms with Crippen molar-refractivity contribution in [3.8, 4) is 11.5 Å². The summed E-state index contributed by atoms with van der Waals surface area (Å²) < 4.78 is 10.1. The van der Waals surface area contributed by atoms with Crippen molar-refractivity contribution < 1.29 is 29.3 Å². The maximum atomic E-state index is 12.3. The summed E-state index contributed by atoms with van der Waals surface area (Å²) in [6.07, 6.45) is 0. The third-order valence-corrected chi connectivity index (χ3v) is 3.74. The predicted molar refractivity (Wildman–Crippen MR) is 81.3 cm³/mol. The van der Waals surface area contributed by atoms with Gasteiger partial charge in [0.1, 0.15) is 0 Å². The number of phenolic OH excluding ortho intramolecular Hbond substituents is 1. The number of phenols is 1. The first-order valence-electron chi connectivity index (χ1n) is 7.03. The SMILES string of the molecule is COCCN1C(=O)C(O)=C(C(C)=O)[C@@H]1c1ccc(O)c(OC)c1. The fourth-order valence-corrected chi connectivity index (χ4v) is 2.64. The highest BCUT2D eigenvalue weighted by Crippen LogP contribution is 2.40. The van der Waals surface area contributed by atoms with E-state index in [0.29, 0.717) is 5.56 Å². The number of nitrogens with zero attached hydrogens (tertiary/aromatic N) is 1. The molecule has 0 saturated carbocycles. The molecule has 0 aliphatic carbocycles. The Labute approximate surface area is 133 Å². The van der Waals surface area contributed by atoms with Gasteiger partial charge in [0, 0.05) is 13.7 Å². The van der Waals surface area contributed by atoms with Crippen LogP contribution < -0.4 is 4.74 Å². The van der Waals surface area contributed by atoms with Crippen LogP contribution in [0.15, 0.2) is 29.5 Å². The molecule has 0 unspecified atom stereocenters. The second-order valence-corrected chi connectivity index (χ2v) is 5.14. The fourth-order valence-electron chi connectivity index (χ4n) is 2.64. The van der Waals surface area contributed by atoms with Crippen LogP contribution in [0, 0.1) is 0 Å². The summed E-state index contributed by atoms with van der Waals surface area (Å²) in [6, 6.07) is 3.79. The molecule has 1 aliphatic rings. The summed E-state index contributed by atoms with van der Waals surface area (Å²) in [5.41, 5.74) is 0.581. The Balaban J connectivity index is 2.52. The Hall–Kier alpha value is -2.54. The number of ketones is 1. The summed E-state index contributed by atoms with van der Waals surface area (Å²) in [6.45, 7) is 1.77. The summed E-state index contributed by atoms with van der Waals surface area (Å²) >= 11 is 0. The van der Waals surface area contributed by atoms with Crippen LogP contribution in [0.25, 0.3) is 0 Å². The minimum atomic E-state index is -0.746. The predicted octanol–water partition coefficient (Wildman–Crippen LogP) is 1.33. The summed E-state index contributed by atoms with van der Waals surface area (Å²) in [7, 11) is 2.90. The van der Waals surface area contributed by atoms with Gasteiger partial charge in [-0.25, -0.2) is 0 Å². The number of ether oxygens (including phenoxy) is 2. The van der Waals surface area contributed by atoms with E-state index in [1.54, 1.807) is 6.07 Å². The molecule has 0 fully saturated rings. The van der Waals surface area contributed by atoms with Gasteiger partial charge in [-0.05, 0) is 24.6 Å². The average Bonchev–Trinajstić information content (AvgIpc) is 2.77. The minimum Gasteiger partial charge on any atom is -0.504 e. The molecule has 1 aliphatic heterocycles. The Morgan fingerprint density at radius 3 is 2.57 bits per heavy atom. The van der Waals surface area contributed by atoms with E-state index in [2.05, 4.69) is 0 Å². The van der Waals surface area contributed by atoms with E-state index >= 15 is 0 Å². The molecule has 0 saturated heterocycles. The van der Waals surface area contributed by atoms with E-state index in [9.17, 15) is 19.8 Å². The molecule has 0 aromatic heterocycles. The lowest BCUT2D eigenvalue weighted by Gasteiger charge is -2.26. The first-order chi connectivity index (χ1) is 10.9. The van der Waals surface area contributed by atoms with Gasteiger partial charge in [-0.3, -0.25) is 9.59 Å². The molecule has 1 amide bonds. The smallest absolute Gasteiger partial charge is 0.290 e. The highest BCUT2D eigenvalue weighted by Gasteiger charge is 2.42. The van der Waals surface area contributed by atoms with Crippen LogP contribution in [-0.4, -0.2) is 54.2 Å². The third-order valence-electron chi connectivity index (χ3n) is 3.74. The van der Waals surface area contributed by atoms with Crippen molar-refractivity contribution in [3.05, 3.63) is 35.1 Å². The first-order valence-corrected chi connectivity index (χ1v) is 7.03. The van der Waals surface area contributed by atoms with Gasteiger partial charge in [0.05, 0.1) is 25.3 Å². The zero-order valence-electron chi connectivity index (χ0n) is 13.2. The van der Waals surface area contributed by atoms with Crippen LogP contribution in [0.2, 0.25) is 0 Å². The first kappa shape index (κ1) is 16.8.